The lowest BCUT2D eigenvalue weighted by Gasteiger charge is -2.27. The maximum atomic E-state index is 10.4. The molecule has 0 aromatic heterocycles. The summed E-state index contributed by atoms with van der Waals surface area (Å²) in [6.45, 7) is 5.01. The lowest BCUT2D eigenvalue weighted by molar-refractivity contribution is 0.156. The molecule has 0 aliphatic carbocycles. The molecule has 4 heteroatoms. The maximum Gasteiger partial charge on any atom is 0.0793 e. The number of hydrogen-bond donors (Lipinski definition) is 2. The standard InChI is InChI=1S/C16H26BrNO2/c1-4-5-6-16(20)15-11-13(17)7-8-14(15)12(2)18(3)9-10-19/h7-8,11-12,16,19-20H,4-6,9-10H2,1-3H3. The molecule has 0 saturated heterocycles. The van der Waals surface area contributed by atoms with Crippen LogP contribution < -0.4 is 0 Å². The van der Waals surface area contributed by atoms with E-state index in [4.69, 9.17) is 5.11 Å². The number of benzene rings is 1. The summed E-state index contributed by atoms with van der Waals surface area (Å²) in [4.78, 5) is 2.10. The molecule has 114 valence electrons. The van der Waals surface area contributed by atoms with Crippen molar-refractivity contribution >= 4 is 15.9 Å². The van der Waals surface area contributed by atoms with Crippen LogP contribution in [0.2, 0.25) is 0 Å². The summed E-state index contributed by atoms with van der Waals surface area (Å²) in [5.41, 5.74) is 2.12. The van der Waals surface area contributed by atoms with Gasteiger partial charge in [-0.1, -0.05) is 41.8 Å². The minimum atomic E-state index is -0.424. The van der Waals surface area contributed by atoms with Crippen LogP contribution in [-0.4, -0.2) is 35.3 Å². The van der Waals surface area contributed by atoms with Crippen LogP contribution in [-0.2, 0) is 0 Å². The summed E-state index contributed by atoms with van der Waals surface area (Å²) in [7, 11) is 1.99. The molecule has 0 aliphatic rings. The molecule has 0 amide bonds. The fourth-order valence-corrected chi connectivity index (χ4v) is 2.74. The van der Waals surface area contributed by atoms with Crippen LogP contribution in [0.5, 0.6) is 0 Å². The molecule has 1 aromatic carbocycles. The van der Waals surface area contributed by atoms with E-state index in [0.29, 0.717) is 6.54 Å². The molecule has 0 heterocycles. The number of likely N-dealkylation sites (N-methyl/N-ethyl adjacent to an activating group) is 1. The van der Waals surface area contributed by atoms with Gasteiger partial charge in [0.1, 0.15) is 0 Å². The summed E-state index contributed by atoms with van der Waals surface area (Å²) < 4.78 is 0.990. The van der Waals surface area contributed by atoms with Gasteiger partial charge in [-0.3, -0.25) is 4.90 Å². The monoisotopic (exact) mass is 343 g/mol. The van der Waals surface area contributed by atoms with Crippen molar-refractivity contribution in [1.29, 1.82) is 0 Å². The Morgan fingerprint density at radius 2 is 2.00 bits per heavy atom. The van der Waals surface area contributed by atoms with Gasteiger partial charge in [0.2, 0.25) is 0 Å². The minimum Gasteiger partial charge on any atom is -0.395 e. The van der Waals surface area contributed by atoms with Gasteiger partial charge < -0.3 is 10.2 Å². The first-order valence-corrected chi connectivity index (χ1v) is 8.09. The normalized spacial score (nSPS) is 14.6. The fourth-order valence-electron chi connectivity index (χ4n) is 2.36. The van der Waals surface area contributed by atoms with E-state index in [-0.39, 0.29) is 12.6 Å². The van der Waals surface area contributed by atoms with Gasteiger partial charge in [0.05, 0.1) is 12.7 Å². The van der Waals surface area contributed by atoms with E-state index in [9.17, 15) is 5.11 Å². The van der Waals surface area contributed by atoms with E-state index < -0.39 is 6.10 Å². The van der Waals surface area contributed by atoms with Crippen LogP contribution in [0.4, 0.5) is 0 Å². The molecule has 20 heavy (non-hydrogen) atoms. The molecule has 0 bridgehead atoms. The zero-order valence-electron chi connectivity index (χ0n) is 12.6. The van der Waals surface area contributed by atoms with Gasteiger partial charge in [-0.15, -0.1) is 0 Å². The molecule has 3 nitrogen and oxygen atoms in total. The Balaban J connectivity index is 3.00. The van der Waals surface area contributed by atoms with Gasteiger partial charge in [-0.2, -0.15) is 0 Å². The number of unbranched alkanes of at least 4 members (excludes halogenated alkanes) is 1. The van der Waals surface area contributed by atoms with Crippen molar-refractivity contribution in [3.8, 4) is 0 Å². The summed E-state index contributed by atoms with van der Waals surface area (Å²) in [6, 6.07) is 6.25. The Hall–Kier alpha value is -0.420. The van der Waals surface area contributed by atoms with Crippen molar-refractivity contribution in [2.45, 2.75) is 45.3 Å². The quantitative estimate of drug-likeness (QED) is 0.756. The molecule has 2 N–H and O–H groups in total. The Bertz CT molecular complexity index is 411. The van der Waals surface area contributed by atoms with E-state index in [1.807, 2.05) is 19.2 Å². The first-order chi connectivity index (χ1) is 9.51. The number of halogens is 1. The van der Waals surface area contributed by atoms with Crippen molar-refractivity contribution in [1.82, 2.24) is 4.90 Å². The third-order valence-corrected chi connectivity index (χ3v) is 4.30. The van der Waals surface area contributed by atoms with Crippen molar-refractivity contribution in [2.75, 3.05) is 20.2 Å². The van der Waals surface area contributed by atoms with Crippen LogP contribution in [0.3, 0.4) is 0 Å². The molecule has 0 aliphatic heterocycles. The molecule has 0 spiro atoms. The van der Waals surface area contributed by atoms with Crippen molar-refractivity contribution in [3.05, 3.63) is 33.8 Å². The molecular weight excluding hydrogens is 318 g/mol. The fraction of sp³-hybridized carbons (Fsp3) is 0.625. The second-order valence-corrected chi connectivity index (χ2v) is 6.23. The molecule has 2 atom stereocenters. The molecule has 2 unspecified atom stereocenters. The van der Waals surface area contributed by atoms with Crippen molar-refractivity contribution in [3.63, 3.8) is 0 Å². The predicted molar refractivity (Wildman–Crippen MR) is 86.8 cm³/mol. The van der Waals surface area contributed by atoms with Crippen LogP contribution in [0.15, 0.2) is 22.7 Å². The smallest absolute Gasteiger partial charge is 0.0793 e. The number of rotatable bonds is 8. The van der Waals surface area contributed by atoms with Gasteiger partial charge in [0, 0.05) is 17.1 Å². The lowest BCUT2D eigenvalue weighted by atomic mass is 9.94. The van der Waals surface area contributed by atoms with Crippen LogP contribution in [0.1, 0.15) is 56.4 Å². The SMILES string of the molecule is CCCCC(O)c1cc(Br)ccc1C(C)N(C)CCO. The Morgan fingerprint density at radius 1 is 1.30 bits per heavy atom. The average Bonchev–Trinajstić information content (AvgIpc) is 2.44. The maximum absolute atomic E-state index is 10.4. The third-order valence-electron chi connectivity index (χ3n) is 3.80. The highest BCUT2D eigenvalue weighted by Crippen LogP contribution is 2.31. The molecule has 0 radical (unpaired) electrons. The molecular formula is C16H26BrNO2. The summed E-state index contributed by atoms with van der Waals surface area (Å²) in [6.07, 6.45) is 2.47. The summed E-state index contributed by atoms with van der Waals surface area (Å²) >= 11 is 3.48. The predicted octanol–water partition coefficient (Wildman–Crippen LogP) is 3.66. The number of nitrogens with zero attached hydrogens (tertiary/aromatic N) is 1. The summed E-state index contributed by atoms with van der Waals surface area (Å²) in [5, 5.41) is 19.5. The van der Waals surface area contributed by atoms with Crippen molar-refractivity contribution < 1.29 is 10.2 Å². The third kappa shape index (κ3) is 4.85. The first kappa shape index (κ1) is 17.6. The average molecular weight is 344 g/mol. The van der Waals surface area contributed by atoms with E-state index in [1.54, 1.807) is 0 Å². The number of aliphatic hydroxyl groups is 2. The second kappa shape index (κ2) is 8.78. The highest BCUT2D eigenvalue weighted by molar-refractivity contribution is 9.10. The number of hydrogen-bond acceptors (Lipinski definition) is 3. The first-order valence-electron chi connectivity index (χ1n) is 7.29. The Morgan fingerprint density at radius 3 is 2.60 bits per heavy atom. The Kier molecular flexibility index (Phi) is 7.74. The second-order valence-electron chi connectivity index (χ2n) is 5.31. The van der Waals surface area contributed by atoms with Crippen molar-refractivity contribution in [2.24, 2.45) is 0 Å². The Labute approximate surface area is 130 Å². The highest BCUT2D eigenvalue weighted by atomic mass is 79.9. The number of aliphatic hydroxyl groups excluding tert-OH is 2. The molecule has 0 fully saturated rings. The van der Waals surface area contributed by atoms with E-state index >= 15 is 0 Å². The lowest BCUT2D eigenvalue weighted by Crippen LogP contribution is -2.26. The molecule has 1 aromatic rings. The van der Waals surface area contributed by atoms with Crippen LogP contribution in [0.25, 0.3) is 0 Å². The largest absolute Gasteiger partial charge is 0.395 e. The topological polar surface area (TPSA) is 43.7 Å². The van der Waals surface area contributed by atoms with E-state index in [0.717, 1.165) is 34.9 Å². The van der Waals surface area contributed by atoms with Gasteiger partial charge in [-0.05, 0) is 43.7 Å². The van der Waals surface area contributed by atoms with Crippen LogP contribution in [0, 0.1) is 0 Å². The van der Waals surface area contributed by atoms with Gasteiger partial charge >= 0.3 is 0 Å². The zero-order chi connectivity index (χ0) is 15.1. The minimum absolute atomic E-state index is 0.144. The molecule has 0 saturated carbocycles. The van der Waals surface area contributed by atoms with Gasteiger partial charge in [0.25, 0.3) is 0 Å². The highest BCUT2D eigenvalue weighted by Gasteiger charge is 2.19. The van der Waals surface area contributed by atoms with E-state index in [2.05, 4.69) is 40.7 Å². The zero-order valence-corrected chi connectivity index (χ0v) is 14.2. The van der Waals surface area contributed by atoms with Gasteiger partial charge in [0.15, 0.2) is 0 Å². The molecule has 1 rings (SSSR count). The summed E-state index contributed by atoms with van der Waals surface area (Å²) in [5.74, 6) is 0. The van der Waals surface area contributed by atoms with Gasteiger partial charge in [-0.25, -0.2) is 0 Å². The van der Waals surface area contributed by atoms with E-state index in [1.165, 1.54) is 0 Å². The van der Waals surface area contributed by atoms with Crippen LogP contribution >= 0.6 is 15.9 Å².